The smallest absolute Gasteiger partial charge is 0.269 e. The fourth-order valence-corrected chi connectivity index (χ4v) is 2.70. The zero-order valence-corrected chi connectivity index (χ0v) is 12.8. The second-order valence-electron chi connectivity index (χ2n) is 5.34. The van der Waals surface area contributed by atoms with E-state index < -0.39 is 0 Å². The Morgan fingerprint density at radius 3 is 3.00 bits per heavy atom. The normalized spacial score (nSPS) is 11.4. The Balaban J connectivity index is 1.76. The van der Waals surface area contributed by atoms with E-state index in [4.69, 9.17) is 0 Å². The summed E-state index contributed by atoms with van der Waals surface area (Å²) in [6.07, 6.45) is 5.55. The minimum Gasteiger partial charge on any atom is -0.383 e. The lowest BCUT2D eigenvalue weighted by atomic mass is 10.2. The van der Waals surface area contributed by atoms with Crippen LogP contribution in [0.1, 0.15) is 19.5 Å². The maximum atomic E-state index is 12.1. The van der Waals surface area contributed by atoms with E-state index in [2.05, 4.69) is 29.2 Å². The van der Waals surface area contributed by atoms with Gasteiger partial charge in [0, 0.05) is 30.4 Å². The Morgan fingerprint density at radius 1 is 1.43 bits per heavy atom. The molecule has 0 fully saturated rings. The molecule has 0 aliphatic heterocycles. The van der Waals surface area contributed by atoms with Gasteiger partial charge in [-0.1, -0.05) is 13.8 Å². The second kappa shape index (κ2) is 5.69. The molecule has 3 rings (SSSR count). The largest absolute Gasteiger partial charge is 0.383 e. The molecule has 21 heavy (non-hydrogen) atoms. The molecule has 3 aromatic rings. The van der Waals surface area contributed by atoms with Crippen LogP contribution in [0.4, 0.5) is 5.69 Å². The molecule has 0 amide bonds. The van der Waals surface area contributed by atoms with Crippen LogP contribution in [0.25, 0.3) is 4.96 Å². The summed E-state index contributed by atoms with van der Waals surface area (Å²) in [5.41, 5.74) is 1.47. The van der Waals surface area contributed by atoms with Gasteiger partial charge < -0.3 is 5.32 Å². The molecule has 0 saturated heterocycles. The molecule has 3 heterocycles. The van der Waals surface area contributed by atoms with Gasteiger partial charge in [0.1, 0.15) is 0 Å². The zero-order valence-electron chi connectivity index (χ0n) is 12.0. The molecule has 110 valence electrons. The van der Waals surface area contributed by atoms with Crippen LogP contribution in [0, 0.1) is 5.92 Å². The summed E-state index contributed by atoms with van der Waals surface area (Å²) in [6, 6.07) is 1.58. The maximum Gasteiger partial charge on any atom is 0.269 e. The number of hydrogen-bond acceptors (Lipinski definition) is 5. The fourth-order valence-electron chi connectivity index (χ4n) is 1.98. The van der Waals surface area contributed by atoms with Crippen molar-refractivity contribution >= 4 is 22.0 Å². The number of aromatic nitrogens is 4. The molecule has 0 unspecified atom stereocenters. The zero-order chi connectivity index (χ0) is 14.8. The summed E-state index contributed by atoms with van der Waals surface area (Å²) in [5.74, 6) is 0.519. The summed E-state index contributed by atoms with van der Waals surface area (Å²) < 4.78 is 3.37. The third kappa shape index (κ3) is 3.13. The van der Waals surface area contributed by atoms with Gasteiger partial charge in [-0.2, -0.15) is 5.10 Å². The minimum absolute atomic E-state index is 0.125. The van der Waals surface area contributed by atoms with Crippen LogP contribution < -0.4 is 10.9 Å². The van der Waals surface area contributed by atoms with Gasteiger partial charge >= 0.3 is 0 Å². The van der Waals surface area contributed by atoms with E-state index in [1.54, 1.807) is 23.6 Å². The van der Waals surface area contributed by atoms with Crippen LogP contribution in [0.15, 0.2) is 34.8 Å². The first-order valence-corrected chi connectivity index (χ1v) is 7.72. The Bertz CT molecular complexity index is 772. The number of nitrogens with one attached hydrogen (secondary N) is 1. The first kappa shape index (κ1) is 13.8. The molecule has 0 radical (unpaired) electrons. The van der Waals surface area contributed by atoms with Crippen LogP contribution in [0.5, 0.6) is 0 Å². The molecule has 1 N–H and O–H groups in total. The first-order valence-electron chi connectivity index (χ1n) is 6.84. The number of thiazole rings is 1. The van der Waals surface area contributed by atoms with E-state index >= 15 is 0 Å². The number of imidazole rings is 1. The highest BCUT2D eigenvalue weighted by molar-refractivity contribution is 7.15. The summed E-state index contributed by atoms with van der Waals surface area (Å²) in [4.78, 5) is 17.5. The quantitative estimate of drug-likeness (QED) is 0.783. The Hall–Kier alpha value is -2.15. The number of rotatable bonds is 5. The highest BCUT2D eigenvalue weighted by atomic mass is 32.1. The lowest BCUT2D eigenvalue weighted by Gasteiger charge is -2.09. The molecule has 0 atom stereocenters. The summed E-state index contributed by atoms with van der Waals surface area (Å²) in [5, 5.41) is 9.38. The molecule has 0 aliphatic carbocycles. The van der Waals surface area contributed by atoms with Crippen molar-refractivity contribution in [2.24, 2.45) is 5.92 Å². The van der Waals surface area contributed by atoms with Crippen LogP contribution in [0.2, 0.25) is 0 Å². The number of hydrogen-bond donors (Lipinski definition) is 1. The van der Waals surface area contributed by atoms with E-state index in [0.29, 0.717) is 12.5 Å². The predicted molar refractivity (Wildman–Crippen MR) is 84.0 cm³/mol. The molecule has 0 bridgehead atoms. The average molecular weight is 303 g/mol. The Morgan fingerprint density at radius 2 is 2.29 bits per heavy atom. The average Bonchev–Trinajstić information content (AvgIpc) is 3.00. The summed E-state index contributed by atoms with van der Waals surface area (Å²) in [7, 11) is 0. The van der Waals surface area contributed by atoms with E-state index in [-0.39, 0.29) is 5.56 Å². The van der Waals surface area contributed by atoms with Gasteiger partial charge in [0.2, 0.25) is 0 Å². The van der Waals surface area contributed by atoms with E-state index in [9.17, 15) is 4.79 Å². The lowest BCUT2D eigenvalue weighted by Crippen LogP contribution is -2.23. The van der Waals surface area contributed by atoms with Crippen molar-refractivity contribution in [3.05, 3.63) is 46.1 Å². The van der Waals surface area contributed by atoms with Crippen molar-refractivity contribution in [1.82, 2.24) is 19.2 Å². The van der Waals surface area contributed by atoms with E-state index in [1.807, 2.05) is 22.2 Å². The minimum atomic E-state index is -0.125. The number of nitrogens with zero attached hydrogens (tertiary/aromatic N) is 4. The molecule has 7 heteroatoms. The SMILES string of the molecule is CC(C)CNc1cnn(Cc2cn3ccsc3n2)c(=O)c1. The predicted octanol–water partition coefficient (Wildman–Crippen LogP) is 2.07. The van der Waals surface area contributed by atoms with Crippen LogP contribution in [-0.2, 0) is 6.54 Å². The molecule has 6 nitrogen and oxygen atoms in total. The van der Waals surface area contributed by atoms with Crippen molar-refractivity contribution in [2.45, 2.75) is 20.4 Å². The van der Waals surface area contributed by atoms with Gasteiger partial charge in [-0.05, 0) is 5.92 Å². The summed E-state index contributed by atoms with van der Waals surface area (Å²) >= 11 is 1.57. The Labute approximate surface area is 126 Å². The van der Waals surface area contributed by atoms with Gasteiger partial charge in [0.25, 0.3) is 5.56 Å². The van der Waals surface area contributed by atoms with Crippen LogP contribution >= 0.6 is 11.3 Å². The Kier molecular flexibility index (Phi) is 3.74. The molecular formula is C14H17N5OS. The van der Waals surface area contributed by atoms with Crippen molar-refractivity contribution in [3.63, 3.8) is 0 Å². The van der Waals surface area contributed by atoms with Crippen LogP contribution in [0.3, 0.4) is 0 Å². The van der Waals surface area contributed by atoms with Gasteiger partial charge in [-0.15, -0.1) is 11.3 Å². The molecule has 0 aliphatic rings. The van der Waals surface area contributed by atoms with Crippen molar-refractivity contribution in [3.8, 4) is 0 Å². The maximum absolute atomic E-state index is 12.1. The topological polar surface area (TPSA) is 64.2 Å². The number of anilines is 1. The highest BCUT2D eigenvalue weighted by Gasteiger charge is 2.06. The standard InChI is InChI=1S/C14H17N5OS/c1-10(2)6-15-11-5-13(20)19(16-7-11)9-12-8-18-3-4-21-14(18)17-12/h3-5,7-8,10,15H,6,9H2,1-2H3. The molecule has 0 spiro atoms. The third-order valence-corrected chi connectivity index (χ3v) is 3.81. The van der Waals surface area contributed by atoms with E-state index in [1.165, 1.54) is 4.68 Å². The van der Waals surface area contributed by atoms with E-state index in [0.717, 1.165) is 22.9 Å². The van der Waals surface area contributed by atoms with Gasteiger partial charge in [-0.25, -0.2) is 9.67 Å². The molecule has 3 aromatic heterocycles. The second-order valence-corrected chi connectivity index (χ2v) is 6.21. The third-order valence-electron chi connectivity index (χ3n) is 3.04. The molecule has 0 saturated carbocycles. The first-order chi connectivity index (χ1) is 10.1. The van der Waals surface area contributed by atoms with Crippen LogP contribution in [-0.4, -0.2) is 25.7 Å². The van der Waals surface area contributed by atoms with Crippen molar-refractivity contribution in [2.75, 3.05) is 11.9 Å². The van der Waals surface area contributed by atoms with Crippen molar-refractivity contribution < 1.29 is 0 Å². The van der Waals surface area contributed by atoms with Gasteiger partial charge in [0.15, 0.2) is 4.96 Å². The monoisotopic (exact) mass is 303 g/mol. The highest BCUT2D eigenvalue weighted by Crippen LogP contribution is 2.11. The van der Waals surface area contributed by atoms with Crippen molar-refractivity contribution in [1.29, 1.82) is 0 Å². The molecule has 0 aromatic carbocycles. The summed E-state index contributed by atoms with van der Waals surface area (Å²) in [6.45, 7) is 5.44. The van der Waals surface area contributed by atoms with Gasteiger partial charge in [0.05, 0.1) is 24.1 Å². The lowest BCUT2D eigenvalue weighted by molar-refractivity contribution is 0.629. The fraction of sp³-hybridized carbons (Fsp3) is 0.357. The van der Waals surface area contributed by atoms with Gasteiger partial charge in [-0.3, -0.25) is 9.20 Å². The number of fused-ring (bicyclic) bond motifs is 1. The molecular weight excluding hydrogens is 286 g/mol.